The molecule has 0 amide bonds. The molecule has 1 aliphatic heterocycles. The van der Waals surface area contributed by atoms with Gasteiger partial charge >= 0.3 is 0 Å². The summed E-state index contributed by atoms with van der Waals surface area (Å²) in [5, 5.41) is 10.7. The zero-order valence-electron chi connectivity index (χ0n) is 16.3. The highest BCUT2D eigenvalue weighted by atomic mass is 32.2. The molecule has 0 saturated carbocycles. The molecule has 2 N–H and O–H groups in total. The summed E-state index contributed by atoms with van der Waals surface area (Å²) in [4.78, 5) is -0.141. The van der Waals surface area contributed by atoms with Gasteiger partial charge in [0.15, 0.2) is 4.87 Å². The van der Waals surface area contributed by atoms with E-state index in [1.54, 1.807) is 53.4 Å². The quantitative estimate of drug-likeness (QED) is 0.565. The van der Waals surface area contributed by atoms with Gasteiger partial charge in [-0.3, -0.25) is 4.55 Å². The van der Waals surface area contributed by atoms with Crippen LogP contribution in [0.3, 0.4) is 0 Å². The number of hydrogen-bond donors (Lipinski definition) is 2. The standard InChI is InChI=1S/C23H23NO5S/c25-20(17-29-21-12-5-2-6-13-21)16-24-22-14-8-7-9-18(22)15-23(24,30(26,27)28)19-10-3-1-4-11-19/h1-14,20,25H,15-17H2,(H,26,27,28). The van der Waals surface area contributed by atoms with Crippen molar-refractivity contribution in [3.63, 3.8) is 0 Å². The Labute approximate surface area is 176 Å². The number of aliphatic hydroxyl groups is 1. The number of β-amino-alcohol motifs (C(OH)–C–C–N with tert-alkyl or cyclic N) is 1. The SMILES string of the molecule is O=S(=O)(O)C1(c2ccccc2)Cc2ccccc2N1CC(O)COc1ccccc1. The molecule has 156 valence electrons. The second kappa shape index (κ2) is 8.10. The Balaban J connectivity index is 1.69. The lowest BCUT2D eigenvalue weighted by molar-refractivity contribution is 0.109. The molecule has 2 unspecified atom stereocenters. The van der Waals surface area contributed by atoms with E-state index in [-0.39, 0.29) is 19.6 Å². The Morgan fingerprint density at radius 3 is 2.20 bits per heavy atom. The Morgan fingerprint density at radius 2 is 1.53 bits per heavy atom. The topological polar surface area (TPSA) is 87.1 Å². The Hall–Kier alpha value is -2.87. The summed E-state index contributed by atoms with van der Waals surface area (Å²) in [5.74, 6) is 0.613. The first-order valence-electron chi connectivity index (χ1n) is 9.66. The first-order valence-corrected chi connectivity index (χ1v) is 11.1. The van der Waals surface area contributed by atoms with Crippen molar-refractivity contribution < 1.29 is 22.8 Å². The zero-order valence-corrected chi connectivity index (χ0v) is 17.1. The molecule has 0 aliphatic carbocycles. The summed E-state index contributed by atoms with van der Waals surface area (Å²) < 4.78 is 41.6. The lowest BCUT2D eigenvalue weighted by Crippen LogP contribution is -2.53. The van der Waals surface area contributed by atoms with E-state index in [9.17, 15) is 18.1 Å². The largest absolute Gasteiger partial charge is 0.491 e. The van der Waals surface area contributed by atoms with Crippen molar-refractivity contribution in [3.8, 4) is 5.75 Å². The third kappa shape index (κ3) is 3.67. The van der Waals surface area contributed by atoms with E-state index in [1.165, 1.54) is 0 Å². The first-order chi connectivity index (χ1) is 14.4. The van der Waals surface area contributed by atoms with Crippen LogP contribution in [0.15, 0.2) is 84.9 Å². The normalized spacial score (nSPS) is 19.3. The molecule has 0 spiro atoms. The van der Waals surface area contributed by atoms with Crippen molar-refractivity contribution in [2.24, 2.45) is 0 Å². The molecule has 0 radical (unpaired) electrons. The maximum Gasteiger partial charge on any atom is 0.294 e. The van der Waals surface area contributed by atoms with Crippen LogP contribution in [0.25, 0.3) is 0 Å². The molecule has 4 rings (SSSR count). The summed E-state index contributed by atoms with van der Waals surface area (Å²) in [6, 6.07) is 25.0. The number of ether oxygens (including phenoxy) is 1. The van der Waals surface area contributed by atoms with Crippen molar-refractivity contribution in [1.82, 2.24) is 0 Å². The van der Waals surface area contributed by atoms with Gasteiger partial charge in [0.25, 0.3) is 10.1 Å². The number of nitrogens with zero attached hydrogens (tertiary/aromatic N) is 1. The van der Waals surface area contributed by atoms with Gasteiger partial charge in [0.1, 0.15) is 18.5 Å². The number of benzene rings is 3. The molecule has 1 heterocycles. The highest BCUT2D eigenvalue weighted by molar-refractivity contribution is 7.87. The fraction of sp³-hybridized carbons (Fsp3) is 0.217. The maximum absolute atomic E-state index is 12.8. The molecule has 3 aromatic carbocycles. The van der Waals surface area contributed by atoms with Crippen LogP contribution >= 0.6 is 0 Å². The van der Waals surface area contributed by atoms with Crippen LogP contribution < -0.4 is 9.64 Å². The Morgan fingerprint density at radius 1 is 0.933 bits per heavy atom. The fourth-order valence-corrected chi connectivity index (χ4v) is 5.25. The predicted octanol–water partition coefficient (Wildman–Crippen LogP) is 3.23. The molecule has 0 saturated heterocycles. The molecule has 0 bridgehead atoms. The number of fused-ring (bicyclic) bond motifs is 1. The van der Waals surface area contributed by atoms with Crippen LogP contribution in [0.2, 0.25) is 0 Å². The van der Waals surface area contributed by atoms with Crippen LogP contribution in [0.4, 0.5) is 5.69 Å². The lowest BCUT2D eigenvalue weighted by Gasteiger charge is -2.39. The van der Waals surface area contributed by atoms with Crippen molar-refractivity contribution in [2.45, 2.75) is 17.4 Å². The average molecular weight is 426 g/mol. The van der Waals surface area contributed by atoms with Crippen LogP contribution in [-0.2, 0) is 21.4 Å². The van der Waals surface area contributed by atoms with Gasteiger partial charge in [0.05, 0.1) is 0 Å². The van der Waals surface area contributed by atoms with E-state index in [0.717, 1.165) is 5.56 Å². The molecule has 0 fully saturated rings. The van der Waals surface area contributed by atoms with E-state index < -0.39 is 21.1 Å². The van der Waals surface area contributed by atoms with Gasteiger partial charge in [-0.1, -0.05) is 66.7 Å². The molecule has 1 aliphatic rings. The van der Waals surface area contributed by atoms with Crippen molar-refractivity contribution in [2.75, 3.05) is 18.1 Å². The van der Waals surface area contributed by atoms with Crippen LogP contribution in [-0.4, -0.2) is 37.3 Å². The van der Waals surface area contributed by atoms with E-state index in [1.807, 2.05) is 36.4 Å². The Bertz CT molecular complexity index is 1100. The molecular formula is C23H23NO5S. The van der Waals surface area contributed by atoms with Gasteiger partial charge < -0.3 is 14.7 Å². The predicted molar refractivity (Wildman–Crippen MR) is 115 cm³/mol. The number of para-hydroxylation sites is 2. The van der Waals surface area contributed by atoms with E-state index >= 15 is 0 Å². The minimum atomic E-state index is -4.57. The Kier molecular flexibility index (Phi) is 5.51. The van der Waals surface area contributed by atoms with Gasteiger partial charge in [0.2, 0.25) is 0 Å². The lowest BCUT2D eigenvalue weighted by atomic mass is 10.0. The van der Waals surface area contributed by atoms with E-state index in [0.29, 0.717) is 17.0 Å². The van der Waals surface area contributed by atoms with Crippen molar-refractivity contribution in [1.29, 1.82) is 0 Å². The zero-order chi connectivity index (χ0) is 21.2. The van der Waals surface area contributed by atoms with E-state index in [4.69, 9.17) is 4.74 Å². The monoisotopic (exact) mass is 425 g/mol. The summed E-state index contributed by atoms with van der Waals surface area (Å²) in [6.45, 7) is -0.0441. The summed E-state index contributed by atoms with van der Waals surface area (Å²) in [6.07, 6.45) is -0.903. The van der Waals surface area contributed by atoms with Gasteiger partial charge in [-0.25, -0.2) is 0 Å². The fourth-order valence-electron chi connectivity index (χ4n) is 4.03. The molecule has 2 atom stereocenters. The minimum absolute atomic E-state index is 0.0149. The van der Waals surface area contributed by atoms with Gasteiger partial charge in [-0.15, -0.1) is 0 Å². The molecule has 7 heteroatoms. The summed E-state index contributed by atoms with van der Waals surface area (Å²) in [5.41, 5.74) is 1.90. The highest BCUT2D eigenvalue weighted by Gasteiger charge is 2.55. The molecule has 30 heavy (non-hydrogen) atoms. The van der Waals surface area contributed by atoms with Crippen molar-refractivity contribution >= 4 is 15.8 Å². The average Bonchev–Trinajstić information content (AvgIpc) is 3.09. The molecule has 3 aromatic rings. The molecular weight excluding hydrogens is 402 g/mol. The number of rotatable bonds is 7. The second-order valence-corrected chi connectivity index (χ2v) is 8.94. The minimum Gasteiger partial charge on any atom is -0.491 e. The molecule has 6 nitrogen and oxygen atoms in total. The number of anilines is 1. The molecule has 0 aromatic heterocycles. The van der Waals surface area contributed by atoms with Crippen LogP contribution in [0.1, 0.15) is 11.1 Å². The third-order valence-electron chi connectivity index (χ3n) is 5.38. The number of aliphatic hydroxyl groups excluding tert-OH is 1. The van der Waals surface area contributed by atoms with Gasteiger partial charge in [-0.05, 0) is 29.3 Å². The highest BCUT2D eigenvalue weighted by Crippen LogP contribution is 2.48. The third-order valence-corrected chi connectivity index (χ3v) is 6.83. The van der Waals surface area contributed by atoms with Gasteiger partial charge in [-0.2, -0.15) is 8.42 Å². The second-order valence-electron chi connectivity index (χ2n) is 7.32. The van der Waals surface area contributed by atoms with E-state index in [2.05, 4.69) is 0 Å². The van der Waals surface area contributed by atoms with Gasteiger partial charge in [0, 0.05) is 18.7 Å². The first kappa shape index (κ1) is 20.4. The number of hydrogen-bond acceptors (Lipinski definition) is 5. The summed E-state index contributed by atoms with van der Waals surface area (Å²) in [7, 11) is -4.57. The maximum atomic E-state index is 12.8. The van der Waals surface area contributed by atoms with Crippen molar-refractivity contribution in [3.05, 3.63) is 96.1 Å². The van der Waals surface area contributed by atoms with Crippen LogP contribution in [0, 0.1) is 0 Å². The van der Waals surface area contributed by atoms with Crippen LogP contribution in [0.5, 0.6) is 5.75 Å². The smallest absolute Gasteiger partial charge is 0.294 e. The summed E-state index contributed by atoms with van der Waals surface area (Å²) >= 11 is 0.